The number of likely N-dealkylation sites (tertiary alicyclic amines) is 1. The Morgan fingerprint density at radius 3 is 2.58 bits per heavy atom. The molecule has 1 unspecified atom stereocenters. The molecule has 3 N–H and O–H groups in total. The predicted octanol–water partition coefficient (Wildman–Crippen LogP) is 4.28. The summed E-state index contributed by atoms with van der Waals surface area (Å²) in [5.74, 6) is -0.373. The highest BCUT2D eigenvalue weighted by atomic mass is 35.5. The highest BCUT2D eigenvalue weighted by Gasteiger charge is 2.30. The number of hydrogen-bond donors (Lipinski definition) is 2. The molecule has 5 nitrogen and oxygen atoms in total. The first-order chi connectivity index (χ1) is 14.7. The lowest BCUT2D eigenvalue weighted by atomic mass is 9.83. The van der Waals surface area contributed by atoms with E-state index in [1.807, 2.05) is 32.0 Å². The van der Waals surface area contributed by atoms with Gasteiger partial charge in [0.05, 0.1) is 21.4 Å². The molecule has 166 valence electrons. The molecule has 0 bridgehead atoms. The van der Waals surface area contributed by atoms with Crippen LogP contribution in [-0.2, 0) is 28.1 Å². The van der Waals surface area contributed by atoms with E-state index in [1.54, 1.807) is 12.1 Å². The monoisotopic (exact) mass is 461 g/mol. The standard InChI is InChI=1S/C24H29Cl2N3O2/c1-24(2,19-8-9-20(25)21(26)12-19)23(31)28-13-16-5-3-6-17(11-16)14-29-10-4-7-18(15-29)22(27)30/h3,5-6,8-9,11-12,18H,4,7,10,13-15H2,1-2H3,(H2,27,30)(H,28,31). The minimum absolute atomic E-state index is 0.0696. The molecule has 0 aliphatic carbocycles. The molecule has 31 heavy (non-hydrogen) atoms. The number of nitrogens with two attached hydrogens (primary N) is 1. The second kappa shape index (κ2) is 10.0. The van der Waals surface area contributed by atoms with Crippen LogP contribution in [0.3, 0.4) is 0 Å². The summed E-state index contributed by atoms with van der Waals surface area (Å²) in [6.45, 7) is 6.59. The number of piperidine rings is 1. The van der Waals surface area contributed by atoms with E-state index < -0.39 is 5.41 Å². The fourth-order valence-corrected chi connectivity index (χ4v) is 4.24. The molecular weight excluding hydrogens is 433 g/mol. The Morgan fingerprint density at radius 1 is 1.13 bits per heavy atom. The van der Waals surface area contributed by atoms with Crippen LogP contribution in [0.2, 0.25) is 10.0 Å². The van der Waals surface area contributed by atoms with Gasteiger partial charge in [0, 0.05) is 19.6 Å². The molecule has 0 radical (unpaired) electrons. The van der Waals surface area contributed by atoms with Crippen molar-refractivity contribution in [3.63, 3.8) is 0 Å². The van der Waals surface area contributed by atoms with Gasteiger partial charge in [-0.05, 0) is 62.1 Å². The topological polar surface area (TPSA) is 75.4 Å². The van der Waals surface area contributed by atoms with Crippen LogP contribution in [0, 0.1) is 5.92 Å². The maximum atomic E-state index is 12.9. The first-order valence-corrected chi connectivity index (χ1v) is 11.3. The smallest absolute Gasteiger partial charge is 0.230 e. The zero-order chi connectivity index (χ0) is 22.6. The molecule has 1 saturated heterocycles. The number of rotatable bonds is 7. The van der Waals surface area contributed by atoms with Gasteiger partial charge in [-0.3, -0.25) is 14.5 Å². The number of halogens is 2. The Hall–Kier alpha value is -2.08. The first kappa shape index (κ1) is 23.6. The molecule has 1 atom stereocenters. The Balaban J connectivity index is 1.61. The van der Waals surface area contributed by atoms with Gasteiger partial charge in [-0.1, -0.05) is 53.5 Å². The molecular formula is C24H29Cl2N3O2. The summed E-state index contributed by atoms with van der Waals surface area (Å²) in [7, 11) is 0. The molecule has 2 aromatic carbocycles. The third-order valence-electron chi connectivity index (χ3n) is 5.97. The second-order valence-electron chi connectivity index (χ2n) is 8.73. The quantitative estimate of drug-likeness (QED) is 0.645. The van der Waals surface area contributed by atoms with E-state index in [9.17, 15) is 9.59 Å². The van der Waals surface area contributed by atoms with Crippen molar-refractivity contribution in [2.24, 2.45) is 11.7 Å². The van der Waals surface area contributed by atoms with Crippen LogP contribution in [0.25, 0.3) is 0 Å². The Bertz CT molecular complexity index is 962. The van der Waals surface area contributed by atoms with E-state index in [-0.39, 0.29) is 17.7 Å². The van der Waals surface area contributed by atoms with E-state index in [0.717, 1.165) is 42.6 Å². The highest BCUT2D eigenvalue weighted by Crippen LogP contribution is 2.30. The van der Waals surface area contributed by atoms with E-state index in [4.69, 9.17) is 28.9 Å². The Labute approximate surface area is 193 Å². The average molecular weight is 462 g/mol. The number of nitrogens with zero attached hydrogens (tertiary/aromatic N) is 1. The third-order valence-corrected chi connectivity index (χ3v) is 6.71. The first-order valence-electron chi connectivity index (χ1n) is 10.5. The molecule has 7 heteroatoms. The summed E-state index contributed by atoms with van der Waals surface area (Å²) in [5.41, 5.74) is 7.73. The summed E-state index contributed by atoms with van der Waals surface area (Å²) in [6, 6.07) is 13.4. The maximum Gasteiger partial charge on any atom is 0.230 e. The summed E-state index contributed by atoms with van der Waals surface area (Å²) < 4.78 is 0. The molecule has 1 heterocycles. The predicted molar refractivity (Wildman–Crippen MR) is 125 cm³/mol. The zero-order valence-electron chi connectivity index (χ0n) is 18.0. The number of primary amides is 1. The van der Waals surface area contributed by atoms with E-state index in [0.29, 0.717) is 23.1 Å². The lowest BCUT2D eigenvalue weighted by Crippen LogP contribution is -2.40. The van der Waals surface area contributed by atoms with E-state index in [2.05, 4.69) is 22.3 Å². The summed E-state index contributed by atoms with van der Waals surface area (Å²) in [5, 5.41) is 3.94. The van der Waals surface area contributed by atoms with Crippen LogP contribution >= 0.6 is 23.2 Å². The normalized spacial score (nSPS) is 17.4. The fourth-order valence-electron chi connectivity index (χ4n) is 3.95. The summed E-state index contributed by atoms with van der Waals surface area (Å²) >= 11 is 12.1. The van der Waals surface area contributed by atoms with Crippen molar-refractivity contribution >= 4 is 35.0 Å². The minimum Gasteiger partial charge on any atom is -0.369 e. The lowest BCUT2D eigenvalue weighted by Gasteiger charge is -2.31. The van der Waals surface area contributed by atoms with E-state index in [1.165, 1.54) is 0 Å². The van der Waals surface area contributed by atoms with Gasteiger partial charge >= 0.3 is 0 Å². The number of carbonyl (C=O) groups is 2. The van der Waals surface area contributed by atoms with Crippen molar-refractivity contribution in [2.75, 3.05) is 13.1 Å². The number of hydrogen-bond acceptors (Lipinski definition) is 3. The molecule has 0 saturated carbocycles. The molecule has 2 aromatic rings. The van der Waals surface area contributed by atoms with Crippen LogP contribution in [0.4, 0.5) is 0 Å². The molecule has 3 rings (SSSR count). The zero-order valence-corrected chi connectivity index (χ0v) is 19.5. The van der Waals surface area contributed by atoms with Gasteiger partial charge in [-0.15, -0.1) is 0 Å². The van der Waals surface area contributed by atoms with Crippen molar-refractivity contribution in [1.29, 1.82) is 0 Å². The molecule has 0 spiro atoms. The van der Waals surface area contributed by atoms with Gasteiger partial charge in [-0.2, -0.15) is 0 Å². The van der Waals surface area contributed by atoms with Gasteiger partial charge in [0.15, 0.2) is 0 Å². The van der Waals surface area contributed by atoms with Crippen LogP contribution in [0.5, 0.6) is 0 Å². The molecule has 1 aliphatic heterocycles. The van der Waals surface area contributed by atoms with Crippen molar-refractivity contribution < 1.29 is 9.59 Å². The second-order valence-corrected chi connectivity index (χ2v) is 9.55. The molecule has 1 aliphatic rings. The van der Waals surface area contributed by atoms with Crippen molar-refractivity contribution in [3.05, 3.63) is 69.2 Å². The Kier molecular flexibility index (Phi) is 7.63. The van der Waals surface area contributed by atoms with Crippen LogP contribution in [0.1, 0.15) is 43.4 Å². The average Bonchev–Trinajstić information content (AvgIpc) is 2.74. The van der Waals surface area contributed by atoms with Gasteiger partial charge in [0.1, 0.15) is 0 Å². The summed E-state index contributed by atoms with van der Waals surface area (Å²) in [6.07, 6.45) is 1.85. The number of carbonyl (C=O) groups excluding carboxylic acids is 2. The number of amides is 2. The minimum atomic E-state index is -0.747. The van der Waals surface area contributed by atoms with Crippen molar-refractivity contribution in [2.45, 2.75) is 45.2 Å². The van der Waals surface area contributed by atoms with Crippen molar-refractivity contribution in [3.8, 4) is 0 Å². The summed E-state index contributed by atoms with van der Waals surface area (Å²) in [4.78, 5) is 26.7. The molecule has 1 fully saturated rings. The largest absolute Gasteiger partial charge is 0.369 e. The Morgan fingerprint density at radius 2 is 1.87 bits per heavy atom. The maximum absolute atomic E-state index is 12.9. The fraction of sp³-hybridized carbons (Fsp3) is 0.417. The van der Waals surface area contributed by atoms with Crippen LogP contribution < -0.4 is 11.1 Å². The number of nitrogens with one attached hydrogen (secondary N) is 1. The van der Waals surface area contributed by atoms with Gasteiger partial charge < -0.3 is 11.1 Å². The van der Waals surface area contributed by atoms with Crippen molar-refractivity contribution in [1.82, 2.24) is 10.2 Å². The van der Waals surface area contributed by atoms with Gasteiger partial charge in [-0.25, -0.2) is 0 Å². The third kappa shape index (κ3) is 6.00. The van der Waals surface area contributed by atoms with E-state index >= 15 is 0 Å². The van der Waals surface area contributed by atoms with Gasteiger partial charge in [0.2, 0.25) is 11.8 Å². The molecule has 2 amide bonds. The number of benzene rings is 2. The molecule has 0 aromatic heterocycles. The van der Waals surface area contributed by atoms with Gasteiger partial charge in [0.25, 0.3) is 0 Å². The lowest BCUT2D eigenvalue weighted by molar-refractivity contribution is -0.126. The van der Waals surface area contributed by atoms with Crippen LogP contribution in [-0.4, -0.2) is 29.8 Å². The van der Waals surface area contributed by atoms with Crippen LogP contribution in [0.15, 0.2) is 42.5 Å². The SMILES string of the molecule is CC(C)(C(=O)NCc1cccc(CN2CCCC(C(N)=O)C2)c1)c1ccc(Cl)c(Cl)c1. The highest BCUT2D eigenvalue weighted by molar-refractivity contribution is 6.42.